The largest absolute Gasteiger partial charge is 0.755 e. The molecule has 0 aromatic heterocycles. The lowest BCUT2D eigenvalue weighted by Gasteiger charge is -2.30. The summed E-state index contributed by atoms with van der Waals surface area (Å²) in [6.07, 6.45) is 1.96. The Bertz CT molecular complexity index is 941. The molecule has 6 nitrogen and oxygen atoms in total. The molecular weight excluding hydrogens is 412 g/mol. The van der Waals surface area contributed by atoms with Crippen molar-refractivity contribution < 1.29 is 18.3 Å². The second-order valence-electron chi connectivity index (χ2n) is 8.94. The van der Waals surface area contributed by atoms with E-state index in [0.717, 1.165) is 18.4 Å². The lowest BCUT2D eigenvalue weighted by molar-refractivity contribution is -0.118. The van der Waals surface area contributed by atoms with E-state index in [-0.39, 0.29) is 23.3 Å². The van der Waals surface area contributed by atoms with Gasteiger partial charge in [0.2, 0.25) is 0 Å². The first-order valence-corrected chi connectivity index (χ1v) is 11.6. The van der Waals surface area contributed by atoms with E-state index in [2.05, 4.69) is 63.7 Å². The fourth-order valence-electron chi connectivity index (χ4n) is 3.10. The van der Waals surface area contributed by atoms with Crippen molar-refractivity contribution in [2.24, 2.45) is 0 Å². The molecule has 0 heterocycles. The molecule has 0 aliphatic carbocycles. The van der Waals surface area contributed by atoms with Crippen LogP contribution < -0.4 is 14.8 Å². The minimum Gasteiger partial charge on any atom is -0.755 e. The predicted octanol–water partition coefficient (Wildman–Crippen LogP) is 5.29. The van der Waals surface area contributed by atoms with Crippen molar-refractivity contribution >= 4 is 28.5 Å². The summed E-state index contributed by atoms with van der Waals surface area (Å²) in [7, 11) is 0. The first-order valence-electron chi connectivity index (χ1n) is 10.5. The molecule has 0 aliphatic rings. The van der Waals surface area contributed by atoms with Crippen molar-refractivity contribution in [3.8, 4) is 5.75 Å². The second-order valence-corrected chi connectivity index (χ2v) is 9.61. The van der Waals surface area contributed by atoms with Gasteiger partial charge in [-0.3, -0.25) is 9.00 Å². The van der Waals surface area contributed by atoms with E-state index < -0.39 is 11.3 Å². The molecule has 1 atom stereocenters. The molecule has 170 valence electrons. The molecule has 0 saturated carbocycles. The fraction of sp³-hybridized carbons (Fsp3) is 0.458. The van der Waals surface area contributed by atoms with Crippen LogP contribution in [0.15, 0.2) is 42.5 Å². The van der Waals surface area contributed by atoms with Gasteiger partial charge in [-0.25, -0.2) is 0 Å². The number of amides is 1. The van der Waals surface area contributed by atoms with Crippen LogP contribution in [-0.4, -0.2) is 21.3 Å². The Morgan fingerprint density at radius 3 is 2.26 bits per heavy atom. The Balaban J connectivity index is 2.17. The number of hydrogen-bond donors (Lipinski definition) is 2. The van der Waals surface area contributed by atoms with Crippen molar-refractivity contribution in [2.75, 3.05) is 16.6 Å². The zero-order valence-electron chi connectivity index (χ0n) is 19.2. The lowest BCUT2D eigenvalue weighted by Crippen LogP contribution is -2.24. The monoisotopic (exact) mass is 445 g/mol. The quantitative estimate of drug-likeness (QED) is 0.487. The Labute approximate surface area is 188 Å². The van der Waals surface area contributed by atoms with Crippen LogP contribution in [0.3, 0.4) is 0 Å². The third-order valence-corrected chi connectivity index (χ3v) is 6.37. The SMILES string of the molecule is CCC(C)(C)c1ccc(OCC(=O)Nc2cccc(NS(=O)[O-])c2)c(C(C)(C)CC)c1. The zero-order valence-corrected chi connectivity index (χ0v) is 20.0. The summed E-state index contributed by atoms with van der Waals surface area (Å²) in [5, 5.41) is 2.74. The molecule has 2 aromatic rings. The van der Waals surface area contributed by atoms with Crippen molar-refractivity contribution in [3.05, 3.63) is 53.6 Å². The molecule has 1 unspecified atom stereocenters. The summed E-state index contributed by atoms with van der Waals surface area (Å²) in [6.45, 7) is 13.0. The summed E-state index contributed by atoms with van der Waals surface area (Å²) in [4.78, 5) is 12.4. The van der Waals surface area contributed by atoms with E-state index >= 15 is 0 Å². The minimum absolute atomic E-state index is 0.0568. The number of nitrogens with one attached hydrogen (secondary N) is 2. The minimum atomic E-state index is -2.42. The predicted molar refractivity (Wildman–Crippen MR) is 126 cm³/mol. The number of ether oxygens (including phenoxy) is 1. The van der Waals surface area contributed by atoms with Gasteiger partial charge in [-0.1, -0.05) is 59.7 Å². The Kier molecular flexibility index (Phi) is 8.26. The highest BCUT2D eigenvalue weighted by atomic mass is 32.2. The van der Waals surface area contributed by atoms with Crippen molar-refractivity contribution in [1.82, 2.24) is 0 Å². The highest BCUT2D eigenvalue weighted by Gasteiger charge is 2.26. The maximum Gasteiger partial charge on any atom is 0.262 e. The molecular formula is C24H33N2O4S-. The number of anilines is 2. The molecule has 2 N–H and O–H groups in total. The maximum absolute atomic E-state index is 12.4. The molecule has 0 fully saturated rings. The number of rotatable bonds is 10. The second kappa shape index (κ2) is 10.3. The summed E-state index contributed by atoms with van der Waals surface area (Å²) in [6, 6.07) is 12.7. The van der Waals surface area contributed by atoms with Crippen molar-refractivity contribution in [3.63, 3.8) is 0 Å². The summed E-state index contributed by atoms with van der Waals surface area (Å²) >= 11 is -2.42. The normalized spacial score (nSPS) is 12.9. The van der Waals surface area contributed by atoms with Gasteiger partial charge in [-0.2, -0.15) is 0 Å². The summed E-state index contributed by atoms with van der Waals surface area (Å²) in [5.41, 5.74) is 3.15. The average Bonchev–Trinajstić information content (AvgIpc) is 2.71. The third kappa shape index (κ3) is 6.80. The van der Waals surface area contributed by atoms with Gasteiger partial charge < -0.3 is 19.3 Å². The van der Waals surface area contributed by atoms with Gasteiger partial charge in [0.25, 0.3) is 5.91 Å². The van der Waals surface area contributed by atoms with Crippen molar-refractivity contribution in [1.29, 1.82) is 0 Å². The highest BCUT2D eigenvalue weighted by Crippen LogP contribution is 2.38. The lowest BCUT2D eigenvalue weighted by atomic mass is 9.76. The Morgan fingerprint density at radius 2 is 1.65 bits per heavy atom. The molecule has 0 bridgehead atoms. The maximum atomic E-state index is 12.4. The molecule has 7 heteroatoms. The van der Waals surface area contributed by atoms with Gasteiger partial charge in [0, 0.05) is 28.2 Å². The first-order chi connectivity index (χ1) is 14.5. The van der Waals surface area contributed by atoms with Gasteiger partial charge in [0.05, 0.1) is 0 Å². The molecule has 2 rings (SSSR count). The summed E-state index contributed by atoms with van der Waals surface area (Å²) < 4.78 is 29.8. The van der Waals surface area contributed by atoms with E-state index in [9.17, 15) is 13.6 Å². The van der Waals surface area contributed by atoms with Crippen LogP contribution in [0, 0.1) is 0 Å². The molecule has 0 aliphatic heterocycles. The van der Waals surface area contributed by atoms with Crippen LogP contribution in [0.25, 0.3) is 0 Å². The smallest absolute Gasteiger partial charge is 0.262 e. The molecule has 31 heavy (non-hydrogen) atoms. The standard InChI is InChI=1S/C24H34N2O4S/c1-7-23(3,4)17-12-13-21(20(14-17)24(5,6)8-2)30-16-22(27)25-18-10-9-11-19(15-18)26-31(28)29/h9-15,26H,7-8,16H2,1-6H3,(H,25,27)(H,28,29)/p-1. The Morgan fingerprint density at radius 1 is 1.00 bits per heavy atom. The van der Waals surface area contributed by atoms with Gasteiger partial charge >= 0.3 is 0 Å². The first kappa shape index (κ1) is 24.9. The van der Waals surface area contributed by atoms with Crippen LogP contribution in [0.2, 0.25) is 0 Å². The van der Waals surface area contributed by atoms with E-state index in [1.54, 1.807) is 24.3 Å². The van der Waals surface area contributed by atoms with Gasteiger partial charge in [0.15, 0.2) is 6.61 Å². The molecule has 1 amide bonds. The topological polar surface area (TPSA) is 90.5 Å². The number of carbonyl (C=O) groups is 1. The molecule has 2 aromatic carbocycles. The number of carbonyl (C=O) groups excluding carboxylic acids is 1. The molecule has 0 spiro atoms. The fourth-order valence-corrected chi connectivity index (χ4v) is 3.42. The molecule has 0 radical (unpaired) electrons. The average molecular weight is 446 g/mol. The van der Waals surface area contributed by atoms with Crippen LogP contribution in [-0.2, 0) is 26.9 Å². The van der Waals surface area contributed by atoms with Gasteiger partial charge in [-0.15, -0.1) is 0 Å². The molecule has 0 saturated heterocycles. The number of hydrogen-bond acceptors (Lipinski definition) is 4. The highest BCUT2D eigenvalue weighted by molar-refractivity contribution is 7.80. The van der Waals surface area contributed by atoms with Crippen LogP contribution in [0.5, 0.6) is 5.75 Å². The van der Waals surface area contributed by atoms with Crippen LogP contribution >= 0.6 is 0 Å². The van der Waals surface area contributed by atoms with Crippen LogP contribution in [0.4, 0.5) is 11.4 Å². The van der Waals surface area contributed by atoms with Gasteiger partial charge in [0.1, 0.15) is 5.75 Å². The third-order valence-electron chi connectivity index (χ3n) is 5.96. The zero-order chi connectivity index (χ0) is 23.2. The van der Waals surface area contributed by atoms with E-state index in [1.807, 2.05) is 6.07 Å². The van der Waals surface area contributed by atoms with Crippen LogP contribution in [0.1, 0.15) is 65.5 Å². The van der Waals surface area contributed by atoms with E-state index in [1.165, 1.54) is 5.56 Å². The summed E-state index contributed by atoms with van der Waals surface area (Å²) in [5.74, 6) is 0.383. The van der Waals surface area contributed by atoms with E-state index in [0.29, 0.717) is 17.1 Å². The van der Waals surface area contributed by atoms with Crippen molar-refractivity contribution in [2.45, 2.75) is 65.2 Å². The van der Waals surface area contributed by atoms with Gasteiger partial charge in [-0.05, 0) is 53.5 Å². The Hall–Kier alpha value is -2.38. The number of benzene rings is 2. The van der Waals surface area contributed by atoms with E-state index in [4.69, 9.17) is 4.74 Å².